The van der Waals surface area contributed by atoms with Crippen LogP contribution in [0.4, 0.5) is 0 Å². The van der Waals surface area contributed by atoms with E-state index < -0.39 is 0 Å². The molecule has 112 valence electrons. The zero-order valence-corrected chi connectivity index (χ0v) is 13.6. The van der Waals surface area contributed by atoms with Gasteiger partial charge in [0.25, 0.3) is 0 Å². The molecule has 0 radical (unpaired) electrons. The van der Waals surface area contributed by atoms with Crippen molar-refractivity contribution in [3.05, 3.63) is 47.0 Å². The fraction of sp³-hybridized carbons (Fsp3) is 0.500. The zero-order valence-electron chi connectivity index (χ0n) is 13.6. The number of nitrogens with one attached hydrogen (secondary N) is 1. The third-order valence-electron chi connectivity index (χ3n) is 5.07. The van der Waals surface area contributed by atoms with Crippen LogP contribution in [0.1, 0.15) is 56.3 Å². The summed E-state index contributed by atoms with van der Waals surface area (Å²) in [5, 5.41) is 6.81. The fourth-order valence-corrected chi connectivity index (χ4v) is 3.69. The number of rotatable bonds is 6. The standard InChI is InChI=1S/C20H27N/c1-4-13-21-20(14(3)5-2)18-12-11-16-10-9-15-7-6-8-17(18)19(15)16/h6-8,11-12,14,20-21H,4-5,9-10,13H2,1-3H3. The van der Waals surface area contributed by atoms with Crippen LogP contribution in [-0.2, 0) is 12.8 Å². The number of benzene rings is 2. The number of aryl methyl sites for hydroxylation is 2. The SMILES string of the molecule is CCCNC(c1ccc2c3c(cccc13)CC2)C(C)CC. The summed E-state index contributed by atoms with van der Waals surface area (Å²) in [6.45, 7) is 8.01. The van der Waals surface area contributed by atoms with Gasteiger partial charge in [-0.1, -0.05) is 57.5 Å². The largest absolute Gasteiger partial charge is 0.310 e. The van der Waals surface area contributed by atoms with Gasteiger partial charge in [0, 0.05) is 6.04 Å². The third kappa shape index (κ3) is 2.60. The molecule has 0 spiro atoms. The molecule has 0 aliphatic heterocycles. The topological polar surface area (TPSA) is 12.0 Å². The zero-order chi connectivity index (χ0) is 14.8. The summed E-state index contributed by atoms with van der Waals surface area (Å²) < 4.78 is 0. The average Bonchev–Trinajstić information content (AvgIpc) is 2.94. The summed E-state index contributed by atoms with van der Waals surface area (Å²) in [6, 6.07) is 12.1. The molecule has 2 aromatic carbocycles. The van der Waals surface area contributed by atoms with Gasteiger partial charge in [-0.3, -0.25) is 0 Å². The molecule has 1 heteroatoms. The Kier molecular flexibility index (Phi) is 4.30. The number of hydrogen-bond acceptors (Lipinski definition) is 1. The second-order valence-corrected chi connectivity index (χ2v) is 6.47. The van der Waals surface area contributed by atoms with E-state index in [1.54, 1.807) is 16.5 Å². The van der Waals surface area contributed by atoms with Gasteiger partial charge < -0.3 is 5.32 Å². The van der Waals surface area contributed by atoms with Crippen LogP contribution in [0, 0.1) is 5.92 Å². The van der Waals surface area contributed by atoms with Gasteiger partial charge in [-0.05, 0) is 59.2 Å². The van der Waals surface area contributed by atoms with E-state index >= 15 is 0 Å². The Hall–Kier alpha value is -1.34. The molecule has 0 bridgehead atoms. The van der Waals surface area contributed by atoms with Crippen LogP contribution in [-0.4, -0.2) is 6.54 Å². The van der Waals surface area contributed by atoms with Crippen molar-refractivity contribution in [2.75, 3.05) is 6.54 Å². The van der Waals surface area contributed by atoms with Gasteiger partial charge in [-0.25, -0.2) is 0 Å². The van der Waals surface area contributed by atoms with Crippen molar-refractivity contribution in [2.24, 2.45) is 5.92 Å². The van der Waals surface area contributed by atoms with E-state index in [0.717, 1.165) is 6.54 Å². The van der Waals surface area contributed by atoms with Crippen LogP contribution in [0.3, 0.4) is 0 Å². The lowest BCUT2D eigenvalue weighted by molar-refractivity contribution is 0.379. The van der Waals surface area contributed by atoms with Crippen molar-refractivity contribution in [2.45, 2.75) is 52.5 Å². The predicted octanol–water partition coefficient (Wildman–Crippen LogP) is 5.03. The van der Waals surface area contributed by atoms with Crippen molar-refractivity contribution < 1.29 is 0 Å². The van der Waals surface area contributed by atoms with Crippen LogP contribution in [0.5, 0.6) is 0 Å². The van der Waals surface area contributed by atoms with Crippen molar-refractivity contribution in [1.82, 2.24) is 5.32 Å². The van der Waals surface area contributed by atoms with Crippen LogP contribution in [0.15, 0.2) is 30.3 Å². The summed E-state index contributed by atoms with van der Waals surface area (Å²) in [5.74, 6) is 0.662. The van der Waals surface area contributed by atoms with Gasteiger partial charge >= 0.3 is 0 Å². The molecule has 0 fully saturated rings. The average molecular weight is 281 g/mol. The van der Waals surface area contributed by atoms with Crippen molar-refractivity contribution in [1.29, 1.82) is 0 Å². The molecule has 21 heavy (non-hydrogen) atoms. The minimum atomic E-state index is 0.472. The summed E-state index contributed by atoms with van der Waals surface area (Å²) in [6.07, 6.45) is 4.83. The van der Waals surface area contributed by atoms with Crippen molar-refractivity contribution in [3.63, 3.8) is 0 Å². The van der Waals surface area contributed by atoms with Crippen LogP contribution in [0.25, 0.3) is 10.8 Å². The Bertz CT molecular complexity index is 619. The first-order valence-electron chi connectivity index (χ1n) is 8.53. The quantitative estimate of drug-likeness (QED) is 0.783. The molecule has 1 nitrogen and oxygen atoms in total. The fourth-order valence-electron chi connectivity index (χ4n) is 3.69. The van der Waals surface area contributed by atoms with E-state index in [2.05, 4.69) is 56.4 Å². The van der Waals surface area contributed by atoms with E-state index in [-0.39, 0.29) is 0 Å². The molecule has 0 aromatic heterocycles. The van der Waals surface area contributed by atoms with E-state index in [9.17, 15) is 0 Å². The molecule has 0 heterocycles. The first-order valence-corrected chi connectivity index (χ1v) is 8.53. The maximum Gasteiger partial charge on any atom is 0.0352 e. The van der Waals surface area contributed by atoms with E-state index in [4.69, 9.17) is 0 Å². The van der Waals surface area contributed by atoms with E-state index in [0.29, 0.717) is 12.0 Å². The Balaban J connectivity index is 2.10. The molecule has 1 N–H and O–H groups in total. The Morgan fingerprint density at radius 2 is 1.81 bits per heavy atom. The first kappa shape index (κ1) is 14.6. The highest BCUT2D eigenvalue weighted by Gasteiger charge is 2.22. The Morgan fingerprint density at radius 3 is 2.52 bits per heavy atom. The normalized spacial score (nSPS) is 16.3. The van der Waals surface area contributed by atoms with Gasteiger partial charge in [0.05, 0.1) is 0 Å². The lowest BCUT2D eigenvalue weighted by Gasteiger charge is -2.26. The van der Waals surface area contributed by atoms with E-state index in [1.165, 1.54) is 36.6 Å². The van der Waals surface area contributed by atoms with Gasteiger partial charge in [-0.15, -0.1) is 0 Å². The lowest BCUT2D eigenvalue weighted by atomic mass is 9.88. The van der Waals surface area contributed by atoms with Gasteiger partial charge in [-0.2, -0.15) is 0 Å². The lowest BCUT2D eigenvalue weighted by Crippen LogP contribution is -2.27. The second kappa shape index (κ2) is 6.19. The number of hydrogen-bond donors (Lipinski definition) is 1. The van der Waals surface area contributed by atoms with E-state index in [1.807, 2.05) is 0 Å². The van der Waals surface area contributed by atoms with Crippen molar-refractivity contribution in [3.8, 4) is 0 Å². The predicted molar refractivity (Wildman–Crippen MR) is 91.8 cm³/mol. The Morgan fingerprint density at radius 1 is 1.05 bits per heavy atom. The molecular formula is C20H27N. The van der Waals surface area contributed by atoms with Crippen LogP contribution in [0.2, 0.25) is 0 Å². The maximum absolute atomic E-state index is 3.79. The summed E-state index contributed by atoms with van der Waals surface area (Å²) in [7, 11) is 0. The first-order chi connectivity index (χ1) is 10.3. The highest BCUT2D eigenvalue weighted by atomic mass is 14.9. The smallest absolute Gasteiger partial charge is 0.0352 e. The molecule has 0 saturated carbocycles. The van der Waals surface area contributed by atoms with Gasteiger partial charge in [0.2, 0.25) is 0 Å². The summed E-state index contributed by atoms with van der Waals surface area (Å²) in [5.41, 5.74) is 4.59. The molecule has 1 aliphatic rings. The molecule has 2 unspecified atom stereocenters. The van der Waals surface area contributed by atoms with Gasteiger partial charge in [0.15, 0.2) is 0 Å². The summed E-state index contributed by atoms with van der Waals surface area (Å²) in [4.78, 5) is 0. The van der Waals surface area contributed by atoms with Crippen molar-refractivity contribution >= 4 is 10.8 Å². The van der Waals surface area contributed by atoms with Crippen LogP contribution < -0.4 is 5.32 Å². The summed E-state index contributed by atoms with van der Waals surface area (Å²) >= 11 is 0. The molecule has 3 rings (SSSR count). The molecule has 0 amide bonds. The second-order valence-electron chi connectivity index (χ2n) is 6.47. The Labute approximate surface area is 128 Å². The molecule has 1 aliphatic carbocycles. The molecule has 0 saturated heterocycles. The highest BCUT2D eigenvalue weighted by Crippen LogP contribution is 2.37. The molecule has 2 atom stereocenters. The third-order valence-corrected chi connectivity index (χ3v) is 5.07. The van der Waals surface area contributed by atoms with Crippen LogP contribution >= 0.6 is 0 Å². The maximum atomic E-state index is 3.79. The minimum Gasteiger partial charge on any atom is -0.310 e. The molecular weight excluding hydrogens is 254 g/mol. The monoisotopic (exact) mass is 281 g/mol. The highest BCUT2D eigenvalue weighted by molar-refractivity contribution is 5.93. The minimum absolute atomic E-state index is 0.472. The molecule has 2 aromatic rings. The van der Waals surface area contributed by atoms with Gasteiger partial charge in [0.1, 0.15) is 0 Å².